The highest BCUT2D eigenvalue weighted by Gasteiger charge is 2.36. The maximum atomic E-state index is 14.0. The van der Waals surface area contributed by atoms with Gasteiger partial charge < -0.3 is 14.7 Å². The molecule has 8 nitrogen and oxygen atoms in total. The van der Waals surface area contributed by atoms with Gasteiger partial charge in [0.25, 0.3) is 0 Å². The van der Waals surface area contributed by atoms with Crippen LogP contribution in [-0.2, 0) is 9.53 Å². The minimum atomic E-state index is -1.00. The van der Waals surface area contributed by atoms with Crippen molar-refractivity contribution >= 4 is 34.5 Å². The lowest BCUT2D eigenvalue weighted by atomic mass is 9.82. The van der Waals surface area contributed by atoms with E-state index in [4.69, 9.17) is 4.74 Å². The molecular weight excluding hydrogens is 512 g/mol. The summed E-state index contributed by atoms with van der Waals surface area (Å²) in [5, 5.41) is 14.8. The fraction of sp³-hybridized carbons (Fsp3) is 0.400. The Labute approximate surface area is 231 Å². The van der Waals surface area contributed by atoms with E-state index in [-0.39, 0.29) is 22.7 Å². The predicted octanol–water partition coefficient (Wildman–Crippen LogP) is 6.16. The van der Waals surface area contributed by atoms with Crippen LogP contribution in [0.1, 0.15) is 55.1 Å². The fourth-order valence-electron chi connectivity index (χ4n) is 5.77. The Morgan fingerprint density at radius 1 is 1.03 bits per heavy atom. The lowest BCUT2D eigenvalue weighted by Crippen LogP contribution is -2.47. The third-order valence-corrected chi connectivity index (χ3v) is 9.19. The van der Waals surface area contributed by atoms with Gasteiger partial charge in [0.15, 0.2) is 5.65 Å². The molecule has 4 heterocycles. The molecule has 3 aromatic heterocycles. The largest absolute Gasteiger partial charge is 0.477 e. The number of nitrogens with zero attached hydrogens (tertiary/aromatic N) is 4. The number of aromatic carboxylic acids is 1. The molecule has 0 unspecified atom stereocenters. The first-order chi connectivity index (χ1) is 19.0. The Hall–Kier alpha value is -3.56. The molecule has 1 aliphatic carbocycles. The summed E-state index contributed by atoms with van der Waals surface area (Å²) in [5.41, 5.74) is 3.97. The number of thiophene rings is 1. The van der Waals surface area contributed by atoms with Gasteiger partial charge in [-0.15, -0.1) is 11.3 Å². The number of carboxylic acids is 1. The average Bonchev–Trinajstić information content (AvgIpc) is 3.60. The quantitative estimate of drug-likeness (QED) is 0.312. The van der Waals surface area contributed by atoms with Crippen molar-refractivity contribution in [2.75, 3.05) is 18.1 Å². The van der Waals surface area contributed by atoms with Crippen LogP contribution in [0.4, 0.5) is 5.69 Å². The molecule has 2 aliphatic rings. The molecule has 0 radical (unpaired) electrons. The lowest BCUT2D eigenvalue weighted by molar-refractivity contribution is -0.124. The van der Waals surface area contributed by atoms with Gasteiger partial charge in [-0.1, -0.05) is 31.2 Å². The highest BCUT2D eigenvalue weighted by Crippen LogP contribution is 2.41. The number of rotatable bonds is 6. The summed E-state index contributed by atoms with van der Waals surface area (Å²) in [5.74, 6) is -0.366. The van der Waals surface area contributed by atoms with E-state index >= 15 is 0 Å². The Balaban J connectivity index is 1.34. The maximum Gasteiger partial charge on any atom is 0.348 e. The van der Waals surface area contributed by atoms with Crippen LogP contribution in [0.15, 0.2) is 54.9 Å². The number of hydrogen-bond donors (Lipinski definition) is 1. The number of anilines is 1. The summed E-state index contributed by atoms with van der Waals surface area (Å²) in [4.78, 5) is 33.6. The van der Waals surface area contributed by atoms with Gasteiger partial charge in [0.1, 0.15) is 4.88 Å². The molecule has 1 aromatic carbocycles. The summed E-state index contributed by atoms with van der Waals surface area (Å²) in [6.07, 6.45) is 8.81. The second kappa shape index (κ2) is 10.9. The Kier molecular flexibility index (Phi) is 7.18. The molecule has 0 bridgehead atoms. The lowest BCUT2D eigenvalue weighted by Gasteiger charge is -2.37. The van der Waals surface area contributed by atoms with Gasteiger partial charge in [0.05, 0.1) is 11.4 Å². The van der Waals surface area contributed by atoms with Crippen LogP contribution < -0.4 is 4.90 Å². The monoisotopic (exact) mass is 544 g/mol. The number of carbonyl (C=O) groups excluding carboxylic acids is 1. The second-order valence-electron chi connectivity index (χ2n) is 10.7. The van der Waals surface area contributed by atoms with Crippen molar-refractivity contribution in [3.05, 3.63) is 59.7 Å². The number of benzene rings is 1. The van der Waals surface area contributed by atoms with Gasteiger partial charge in [-0.25, -0.2) is 14.3 Å². The zero-order valence-corrected chi connectivity index (χ0v) is 22.8. The van der Waals surface area contributed by atoms with Crippen molar-refractivity contribution in [1.29, 1.82) is 0 Å². The van der Waals surface area contributed by atoms with Gasteiger partial charge in [-0.2, -0.15) is 5.10 Å². The van der Waals surface area contributed by atoms with E-state index in [1.807, 2.05) is 53.6 Å². The van der Waals surface area contributed by atoms with Crippen LogP contribution in [0.2, 0.25) is 0 Å². The van der Waals surface area contributed by atoms with Crippen molar-refractivity contribution in [3.8, 4) is 21.7 Å². The van der Waals surface area contributed by atoms with Crippen LogP contribution in [0.5, 0.6) is 0 Å². The van der Waals surface area contributed by atoms with Crippen LogP contribution in [0.3, 0.4) is 0 Å². The number of fused-ring (bicyclic) bond motifs is 1. The van der Waals surface area contributed by atoms with Gasteiger partial charge >= 0.3 is 5.97 Å². The minimum absolute atomic E-state index is 0.0582. The van der Waals surface area contributed by atoms with Crippen molar-refractivity contribution in [2.45, 2.75) is 51.5 Å². The molecule has 0 spiro atoms. The van der Waals surface area contributed by atoms with Gasteiger partial charge in [0, 0.05) is 54.1 Å². The molecule has 4 aromatic rings. The molecule has 0 atom stereocenters. The summed E-state index contributed by atoms with van der Waals surface area (Å²) in [6.45, 7) is 3.40. The summed E-state index contributed by atoms with van der Waals surface area (Å²) >= 11 is 1.23. The molecular formula is C30H32N4O4S. The Bertz CT molecular complexity index is 1450. The van der Waals surface area contributed by atoms with Crippen LogP contribution in [0, 0.1) is 11.8 Å². The van der Waals surface area contributed by atoms with E-state index in [2.05, 4.69) is 17.0 Å². The summed E-state index contributed by atoms with van der Waals surface area (Å²) in [7, 11) is 0. The number of aromatic nitrogens is 3. The van der Waals surface area contributed by atoms with Gasteiger partial charge in [0.2, 0.25) is 5.91 Å². The van der Waals surface area contributed by atoms with Crippen molar-refractivity contribution in [3.63, 3.8) is 0 Å². The van der Waals surface area contributed by atoms with E-state index in [1.54, 1.807) is 10.7 Å². The number of ether oxygens (including phenoxy) is 1. The average molecular weight is 545 g/mol. The summed E-state index contributed by atoms with van der Waals surface area (Å²) in [6, 6.07) is 13.6. The number of hydrogen-bond acceptors (Lipinski definition) is 6. The second-order valence-corrected chi connectivity index (χ2v) is 11.7. The maximum absolute atomic E-state index is 14.0. The third-order valence-electron chi connectivity index (χ3n) is 8.03. The molecule has 2 fully saturated rings. The molecule has 6 rings (SSSR count). The van der Waals surface area contributed by atoms with Gasteiger partial charge in [-0.05, 0) is 62.1 Å². The smallest absolute Gasteiger partial charge is 0.348 e. The number of amides is 1. The molecule has 1 N–H and O–H groups in total. The molecule has 39 heavy (non-hydrogen) atoms. The molecule has 9 heteroatoms. The standard InChI is InChI=1S/C30H32N4O4S/c1-19-3-5-22(6-4-19)29(35)34(23-11-15-38-16-12-23)25-18-26(39-28(25)30(36)37)21-9-7-20(8-10-21)24-17-27-31-13-2-14-33(27)32-24/h2,7-10,13-14,17-19,22-23H,3-6,11-12,15-16H2,1H3,(H,36,37)/t19-,22-. The van der Waals surface area contributed by atoms with E-state index in [1.165, 1.54) is 11.3 Å². The van der Waals surface area contributed by atoms with E-state index < -0.39 is 5.97 Å². The van der Waals surface area contributed by atoms with Crippen LogP contribution >= 0.6 is 11.3 Å². The predicted molar refractivity (Wildman–Crippen MR) is 151 cm³/mol. The van der Waals surface area contributed by atoms with E-state index in [0.717, 1.165) is 53.0 Å². The Morgan fingerprint density at radius 3 is 2.44 bits per heavy atom. The first-order valence-electron chi connectivity index (χ1n) is 13.7. The highest BCUT2D eigenvalue weighted by molar-refractivity contribution is 7.18. The zero-order chi connectivity index (χ0) is 26.9. The molecule has 1 aliphatic heterocycles. The van der Waals surface area contributed by atoms with E-state index in [0.29, 0.717) is 37.7 Å². The third kappa shape index (κ3) is 5.21. The van der Waals surface area contributed by atoms with Crippen molar-refractivity contribution < 1.29 is 19.4 Å². The molecule has 1 saturated heterocycles. The molecule has 1 saturated carbocycles. The van der Waals surface area contributed by atoms with Crippen LogP contribution in [0.25, 0.3) is 27.3 Å². The minimum Gasteiger partial charge on any atom is -0.477 e. The highest BCUT2D eigenvalue weighted by atomic mass is 32.1. The van der Waals surface area contributed by atoms with Crippen molar-refractivity contribution in [2.24, 2.45) is 11.8 Å². The topological polar surface area (TPSA) is 97.0 Å². The number of carboxylic acid groups (broad SMARTS) is 1. The molecule has 1 amide bonds. The number of carbonyl (C=O) groups is 2. The molecule has 202 valence electrons. The fourth-order valence-corrected chi connectivity index (χ4v) is 6.77. The SMILES string of the molecule is C[C@H]1CC[C@H](C(=O)N(c2cc(-c3ccc(-c4cc5ncccn5n4)cc3)sc2C(=O)O)C2CCOCC2)CC1. The Morgan fingerprint density at radius 2 is 1.74 bits per heavy atom. The van der Waals surface area contributed by atoms with Crippen LogP contribution in [-0.4, -0.2) is 50.8 Å². The van der Waals surface area contributed by atoms with Gasteiger partial charge in [-0.3, -0.25) is 4.79 Å². The normalized spacial score (nSPS) is 20.2. The first-order valence-corrected chi connectivity index (χ1v) is 14.5. The zero-order valence-electron chi connectivity index (χ0n) is 22.0. The first kappa shape index (κ1) is 25.7. The summed E-state index contributed by atoms with van der Waals surface area (Å²) < 4.78 is 7.32. The van der Waals surface area contributed by atoms with Crippen molar-refractivity contribution in [1.82, 2.24) is 14.6 Å². The van der Waals surface area contributed by atoms with E-state index in [9.17, 15) is 14.7 Å².